The largest absolute Gasteiger partial charge is 0.478 e. The Balaban J connectivity index is 2.68. The van der Waals surface area contributed by atoms with Crippen molar-refractivity contribution in [2.75, 3.05) is 0 Å². The minimum absolute atomic E-state index is 0.0237. The third-order valence-electron chi connectivity index (χ3n) is 3.60. The van der Waals surface area contributed by atoms with Crippen molar-refractivity contribution in [3.63, 3.8) is 0 Å². The number of hydrogen-bond acceptors (Lipinski definition) is 4. The third kappa shape index (κ3) is 4.09. The average molecular weight is 352 g/mol. The van der Waals surface area contributed by atoms with Gasteiger partial charge in [0.2, 0.25) is 0 Å². The summed E-state index contributed by atoms with van der Waals surface area (Å²) in [7, 11) is 0. The fourth-order valence-electron chi connectivity index (χ4n) is 2.46. The Morgan fingerprint density at radius 2 is 1.19 bits per heavy atom. The van der Waals surface area contributed by atoms with Gasteiger partial charge >= 0.3 is 11.9 Å². The van der Waals surface area contributed by atoms with Crippen LogP contribution in [0.25, 0.3) is 32.0 Å². The van der Waals surface area contributed by atoms with E-state index >= 15 is 0 Å². The van der Waals surface area contributed by atoms with Gasteiger partial charge in [-0.15, -0.1) is 0 Å². The molecule has 0 amide bonds. The summed E-state index contributed by atoms with van der Waals surface area (Å²) in [4.78, 5) is 27.7. The maximum Gasteiger partial charge on any atom is 0.335 e. The van der Waals surface area contributed by atoms with Gasteiger partial charge in [-0.25, -0.2) is 9.59 Å². The molecule has 130 valence electrons. The number of azide groups is 2. The van der Waals surface area contributed by atoms with Crippen molar-refractivity contribution in [3.05, 3.63) is 79.5 Å². The van der Waals surface area contributed by atoms with Crippen molar-refractivity contribution in [1.29, 1.82) is 0 Å². The summed E-state index contributed by atoms with van der Waals surface area (Å²) in [6, 6.07) is 8.63. The topological polar surface area (TPSA) is 172 Å². The Morgan fingerprint density at radius 1 is 0.808 bits per heavy atom. The summed E-state index contributed by atoms with van der Waals surface area (Å²) in [5.41, 5.74) is 19.2. The van der Waals surface area contributed by atoms with Gasteiger partial charge in [0, 0.05) is 9.82 Å². The maximum atomic E-state index is 11.2. The normalized spacial score (nSPS) is 9.69. The Bertz CT molecular complexity index is 895. The molecule has 0 bridgehead atoms. The van der Waals surface area contributed by atoms with E-state index in [4.69, 9.17) is 21.3 Å². The van der Waals surface area contributed by atoms with Gasteiger partial charge in [-0.3, -0.25) is 0 Å². The molecule has 10 heteroatoms. The van der Waals surface area contributed by atoms with Gasteiger partial charge in [-0.1, -0.05) is 22.4 Å². The molecule has 0 aliphatic rings. The molecule has 0 aliphatic carbocycles. The molecule has 0 atom stereocenters. The molecule has 0 spiro atoms. The number of nitrogens with zero attached hydrogens (tertiary/aromatic N) is 6. The molecule has 0 heterocycles. The summed E-state index contributed by atoms with van der Waals surface area (Å²) >= 11 is 0. The van der Waals surface area contributed by atoms with Crippen LogP contribution in [-0.4, -0.2) is 22.2 Å². The van der Waals surface area contributed by atoms with Crippen LogP contribution in [0.5, 0.6) is 0 Å². The number of aromatic carboxylic acids is 2. The lowest BCUT2D eigenvalue weighted by molar-refractivity contribution is 0.0686. The monoisotopic (exact) mass is 352 g/mol. The predicted octanol–water partition coefficient (Wildman–Crippen LogP) is 4.37. The molecule has 0 fully saturated rings. The zero-order chi connectivity index (χ0) is 19.1. The molecular formula is C16H12N6O4. The summed E-state index contributed by atoms with van der Waals surface area (Å²) in [6.07, 6.45) is 0. The van der Waals surface area contributed by atoms with E-state index in [0.717, 1.165) is 0 Å². The van der Waals surface area contributed by atoms with E-state index < -0.39 is 11.9 Å². The summed E-state index contributed by atoms with van der Waals surface area (Å²) in [5.74, 6) is -2.26. The SMILES string of the molecule is [N-]=[N+]=NCc1cc(C(=O)O)ccc1-c1ccc(C(=O)O)cc1CN=[N+]=[N-]. The number of rotatable bonds is 7. The summed E-state index contributed by atoms with van der Waals surface area (Å²) in [5, 5.41) is 25.2. The maximum absolute atomic E-state index is 11.2. The molecule has 0 saturated carbocycles. The molecule has 26 heavy (non-hydrogen) atoms. The van der Waals surface area contributed by atoms with Crippen LogP contribution in [0.3, 0.4) is 0 Å². The Kier molecular flexibility index (Phi) is 5.79. The van der Waals surface area contributed by atoms with Gasteiger partial charge in [0.25, 0.3) is 0 Å². The first-order chi connectivity index (χ1) is 12.5. The molecule has 0 aromatic heterocycles. The van der Waals surface area contributed by atoms with Crippen LogP contribution in [0.15, 0.2) is 46.6 Å². The van der Waals surface area contributed by atoms with Crippen LogP contribution >= 0.6 is 0 Å². The van der Waals surface area contributed by atoms with Gasteiger partial charge in [-0.05, 0) is 57.6 Å². The smallest absolute Gasteiger partial charge is 0.335 e. The third-order valence-corrected chi connectivity index (χ3v) is 3.60. The van der Waals surface area contributed by atoms with Gasteiger partial charge in [0.15, 0.2) is 0 Å². The van der Waals surface area contributed by atoms with E-state index in [1.807, 2.05) is 0 Å². The van der Waals surface area contributed by atoms with Gasteiger partial charge in [0.1, 0.15) is 0 Å². The highest BCUT2D eigenvalue weighted by Gasteiger charge is 2.14. The van der Waals surface area contributed by atoms with E-state index in [1.165, 1.54) is 24.3 Å². The highest BCUT2D eigenvalue weighted by molar-refractivity contribution is 5.91. The van der Waals surface area contributed by atoms with E-state index in [1.54, 1.807) is 12.1 Å². The Hall–Kier alpha value is -4.00. The molecule has 2 rings (SSSR count). The average Bonchev–Trinajstić information content (AvgIpc) is 2.64. The van der Waals surface area contributed by atoms with Gasteiger partial charge in [0.05, 0.1) is 24.2 Å². The molecular weight excluding hydrogens is 340 g/mol. The van der Waals surface area contributed by atoms with Crippen molar-refractivity contribution in [3.8, 4) is 11.1 Å². The first-order valence-electron chi connectivity index (χ1n) is 7.22. The van der Waals surface area contributed by atoms with Crippen molar-refractivity contribution in [1.82, 2.24) is 0 Å². The first kappa shape index (κ1) is 18.3. The fraction of sp³-hybridized carbons (Fsp3) is 0.125. The minimum atomic E-state index is -1.13. The zero-order valence-corrected chi connectivity index (χ0v) is 13.3. The van der Waals surface area contributed by atoms with Gasteiger partial charge in [-0.2, -0.15) is 0 Å². The number of benzene rings is 2. The second-order valence-corrected chi connectivity index (χ2v) is 5.13. The quantitative estimate of drug-likeness (QED) is 0.428. The van der Waals surface area contributed by atoms with E-state index in [0.29, 0.717) is 22.3 Å². The molecule has 10 nitrogen and oxygen atoms in total. The summed E-state index contributed by atoms with van der Waals surface area (Å²) < 4.78 is 0. The molecule has 0 aliphatic heterocycles. The second-order valence-electron chi connectivity index (χ2n) is 5.13. The molecule has 2 aromatic rings. The Morgan fingerprint density at radius 3 is 1.50 bits per heavy atom. The van der Waals surface area contributed by atoms with E-state index in [2.05, 4.69) is 20.1 Å². The van der Waals surface area contributed by atoms with Crippen LogP contribution in [0.2, 0.25) is 0 Å². The van der Waals surface area contributed by atoms with Crippen LogP contribution in [-0.2, 0) is 13.1 Å². The molecule has 0 saturated heterocycles. The number of carboxylic acids is 2. The lowest BCUT2D eigenvalue weighted by Crippen LogP contribution is -2.02. The lowest BCUT2D eigenvalue weighted by Gasteiger charge is -2.13. The zero-order valence-electron chi connectivity index (χ0n) is 13.3. The standard InChI is InChI=1S/C16H12N6O4/c17-21-19-7-11-5-9(15(23)24)1-3-13(11)14-4-2-10(16(25)26)6-12(14)8-20-22-18/h1-6H,7-8H2,(H,23,24)(H,25,26). The number of carbonyl (C=O) groups is 2. The van der Waals surface area contributed by atoms with Gasteiger partial charge < -0.3 is 10.2 Å². The molecule has 2 N–H and O–H groups in total. The van der Waals surface area contributed by atoms with Crippen molar-refractivity contribution >= 4 is 11.9 Å². The molecule has 0 radical (unpaired) electrons. The van der Waals surface area contributed by atoms with Crippen LogP contribution in [0.4, 0.5) is 0 Å². The number of hydrogen-bond donors (Lipinski definition) is 2. The molecule has 2 aromatic carbocycles. The van der Waals surface area contributed by atoms with Crippen molar-refractivity contribution in [2.45, 2.75) is 13.1 Å². The first-order valence-corrected chi connectivity index (χ1v) is 7.22. The van der Waals surface area contributed by atoms with Crippen LogP contribution < -0.4 is 0 Å². The second kappa shape index (κ2) is 8.20. The Labute approximate surface area is 146 Å². The predicted molar refractivity (Wildman–Crippen MR) is 91.5 cm³/mol. The van der Waals surface area contributed by atoms with Crippen LogP contribution in [0, 0.1) is 0 Å². The summed E-state index contributed by atoms with van der Waals surface area (Å²) in [6.45, 7) is -0.177. The van der Waals surface area contributed by atoms with Crippen molar-refractivity contribution in [2.24, 2.45) is 10.2 Å². The highest BCUT2D eigenvalue weighted by Crippen LogP contribution is 2.30. The fourth-order valence-corrected chi connectivity index (χ4v) is 2.46. The highest BCUT2D eigenvalue weighted by atomic mass is 16.4. The van der Waals surface area contributed by atoms with E-state index in [-0.39, 0.29) is 24.2 Å². The minimum Gasteiger partial charge on any atom is -0.478 e. The van der Waals surface area contributed by atoms with Crippen molar-refractivity contribution < 1.29 is 19.8 Å². The molecule has 0 unspecified atom stereocenters. The number of carboxylic acid groups (broad SMARTS) is 2. The van der Waals surface area contributed by atoms with E-state index in [9.17, 15) is 9.59 Å². The lowest BCUT2D eigenvalue weighted by atomic mass is 9.92. The van der Waals surface area contributed by atoms with Crippen LogP contribution in [0.1, 0.15) is 31.8 Å².